The fourth-order valence-electron chi connectivity index (χ4n) is 2.66. The fraction of sp³-hybridized carbons (Fsp3) is 0.588. The first-order chi connectivity index (χ1) is 11.5. The smallest absolute Gasteiger partial charge is 0.257 e. The van der Waals surface area contributed by atoms with E-state index in [9.17, 15) is 14.4 Å². The van der Waals surface area contributed by atoms with Gasteiger partial charge in [0, 0.05) is 32.1 Å². The molecule has 24 heavy (non-hydrogen) atoms. The second-order valence-corrected chi connectivity index (χ2v) is 6.34. The number of furan rings is 1. The Bertz CT molecular complexity index is 568. The van der Waals surface area contributed by atoms with Gasteiger partial charge in [0.05, 0.1) is 17.7 Å². The van der Waals surface area contributed by atoms with E-state index < -0.39 is 0 Å². The molecule has 0 bridgehead atoms. The van der Waals surface area contributed by atoms with Crippen LogP contribution in [0.4, 0.5) is 0 Å². The van der Waals surface area contributed by atoms with Crippen LogP contribution in [0.25, 0.3) is 0 Å². The maximum atomic E-state index is 12.3. The minimum atomic E-state index is -0.213. The molecule has 0 saturated carbocycles. The van der Waals surface area contributed by atoms with Crippen LogP contribution in [0, 0.1) is 11.8 Å². The predicted molar refractivity (Wildman–Crippen MR) is 88.2 cm³/mol. The van der Waals surface area contributed by atoms with Crippen molar-refractivity contribution in [3.05, 3.63) is 24.2 Å². The van der Waals surface area contributed by atoms with Crippen molar-refractivity contribution in [3.63, 3.8) is 0 Å². The molecule has 7 nitrogen and oxygen atoms in total. The lowest BCUT2D eigenvalue weighted by molar-refractivity contribution is -0.127. The summed E-state index contributed by atoms with van der Waals surface area (Å²) in [5.41, 5.74) is 0.507. The molecule has 1 atom stereocenters. The summed E-state index contributed by atoms with van der Waals surface area (Å²) in [7, 11) is 0. The van der Waals surface area contributed by atoms with E-state index >= 15 is 0 Å². The molecule has 3 amide bonds. The van der Waals surface area contributed by atoms with Crippen molar-refractivity contribution >= 4 is 17.7 Å². The molecule has 0 aromatic carbocycles. The van der Waals surface area contributed by atoms with Crippen LogP contribution >= 0.6 is 0 Å². The van der Waals surface area contributed by atoms with Crippen LogP contribution < -0.4 is 10.6 Å². The highest BCUT2D eigenvalue weighted by Crippen LogP contribution is 2.19. The first-order valence-electron chi connectivity index (χ1n) is 8.36. The molecule has 1 aromatic rings. The van der Waals surface area contributed by atoms with Crippen LogP contribution in [-0.2, 0) is 9.59 Å². The number of piperidine rings is 1. The highest BCUT2D eigenvalue weighted by Gasteiger charge is 2.29. The molecule has 1 saturated heterocycles. The maximum absolute atomic E-state index is 12.3. The molecule has 1 unspecified atom stereocenters. The van der Waals surface area contributed by atoms with E-state index in [2.05, 4.69) is 10.6 Å². The monoisotopic (exact) mass is 335 g/mol. The van der Waals surface area contributed by atoms with Crippen LogP contribution in [-0.4, -0.2) is 48.8 Å². The van der Waals surface area contributed by atoms with Crippen molar-refractivity contribution in [3.8, 4) is 0 Å². The summed E-state index contributed by atoms with van der Waals surface area (Å²) in [5.74, 6) is -0.486. The van der Waals surface area contributed by atoms with Crippen molar-refractivity contribution in [1.82, 2.24) is 15.5 Å². The number of carbonyl (C=O) groups excluding carboxylic acids is 3. The summed E-state index contributed by atoms with van der Waals surface area (Å²) in [6, 6.07) is 1.63. The van der Waals surface area contributed by atoms with E-state index in [0.717, 1.165) is 12.8 Å². The van der Waals surface area contributed by atoms with Gasteiger partial charge in [0.15, 0.2) is 0 Å². The van der Waals surface area contributed by atoms with E-state index in [1.54, 1.807) is 11.0 Å². The van der Waals surface area contributed by atoms with E-state index in [-0.39, 0.29) is 29.6 Å². The molecular formula is C17H25N3O4. The number of amides is 3. The predicted octanol–water partition coefficient (Wildman–Crippen LogP) is 1.02. The standard InChI is InChI=1S/C17H25N3O4/c1-12(2)15(21)18-6-7-19-16(22)13-4-3-8-20(10-13)17(23)14-5-9-24-11-14/h5,9,11-13H,3-4,6-8,10H2,1-2H3,(H,18,21)(H,19,22). The first-order valence-corrected chi connectivity index (χ1v) is 8.36. The third kappa shape index (κ3) is 4.84. The summed E-state index contributed by atoms with van der Waals surface area (Å²) in [6.45, 7) is 5.51. The molecule has 7 heteroatoms. The van der Waals surface area contributed by atoms with Crippen molar-refractivity contribution in [2.45, 2.75) is 26.7 Å². The number of likely N-dealkylation sites (tertiary alicyclic amines) is 1. The van der Waals surface area contributed by atoms with Gasteiger partial charge in [-0.2, -0.15) is 0 Å². The first kappa shape index (κ1) is 18.0. The third-order valence-corrected chi connectivity index (χ3v) is 4.10. The number of hydrogen-bond donors (Lipinski definition) is 2. The molecule has 2 N–H and O–H groups in total. The van der Waals surface area contributed by atoms with Gasteiger partial charge >= 0.3 is 0 Å². The van der Waals surface area contributed by atoms with Gasteiger partial charge in [-0.15, -0.1) is 0 Å². The quantitative estimate of drug-likeness (QED) is 0.759. The molecule has 1 aromatic heterocycles. The topological polar surface area (TPSA) is 91.7 Å². The Morgan fingerprint density at radius 1 is 1.29 bits per heavy atom. The normalized spacial score (nSPS) is 17.6. The second-order valence-electron chi connectivity index (χ2n) is 6.34. The Balaban J connectivity index is 1.76. The lowest BCUT2D eigenvalue weighted by atomic mass is 9.96. The summed E-state index contributed by atoms with van der Waals surface area (Å²) in [4.78, 5) is 37.7. The Labute approximate surface area is 141 Å². The van der Waals surface area contributed by atoms with E-state index in [1.165, 1.54) is 12.5 Å². The van der Waals surface area contributed by atoms with Gasteiger partial charge in [-0.3, -0.25) is 14.4 Å². The zero-order valence-electron chi connectivity index (χ0n) is 14.2. The van der Waals surface area contributed by atoms with Crippen LogP contribution in [0.3, 0.4) is 0 Å². The Morgan fingerprint density at radius 2 is 2.04 bits per heavy atom. The minimum Gasteiger partial charge on any atom is -0.472 e. The Morgan fingerprint density at radius 3 is 2.71 bits per heavy atom. The molecule has 0 aliphatic carbocycles. The number of nitrogens with zero attached hydrogens (tertiary/aromatic N) is 1. The highest BCUT2D eigenvalue weighted by molar-refractivity contribution is 5.94. The van der Waals surface area contributed by atoms with E-state index in [0.29, 0.717) is 31.7 Å². The maximum Gasteiger partial charge on any atom is 0.257 e. The molecule has 132 valence electrons. The van der Waals surface area contributed by atoms with Crippen molar-refractivity contribution in [2.24, 2.45) is 11.8 Å². The fourth-order valence-corrected chi connectivity index (χ4v) is 2.66. The average molecular weight is 335 g/mol. The van der Waals surface area contributed by atoms with Gasteiger partial charge in [0.1, 0.15) is 6.26 Å². The molecule has 0 spiro atoms. The Hall–Kier alpha value is -2.31. The van der Waals surface area contributed by atoms with Gasteiger partial charge in [-0.1, -0.05) is 13.8 Å². The molecule has 2 heterocycles. The summed E-state index contributed by atoms with van der Waals surface area (Å²) >= 11 is 0. The molecule has 1 aliphatic heterocycles. The van der Waals surface area contributed by atoms with E-state index in [4.69, 9.17) is 4.42 Å². The minimum absolute atomic E-state index is 0.0289. The number of carbonyl (C=O) groups is 3. The van der Waals surface area contributed by atoms with Crippen LogP contribution in [0.15, 0.2) is 23.0 Å². The van der Waals surface area contributed by atoms with Crippen LogP contribution in [0.2, 0.25) is 0 Å². The Kier molecular flexibility index (Phi) is 6.40. The highest BCUT2D eigenvalue weighted by atomic mass is 16.3. The summed E-state index contributed by atoms with van der Waals surface area (Å²) < 4.78 is 4.94. The largest absolute Gasteiger partial charge is 0.472 e. The van der Waals surface area contributed by atoms with Gasteiger partial charge in [0.25, 0.3) is 5.91 Å². The van der Waals surface area contributed by atoms with Crippen molar-refractivity contribution < 1.29 is 18.8 Å². The van der Waals surface area contributed by atoms with Gasteiger partial charge < -0.3 is 20.0 Å². The number of hydrogen-bond acceptors (Lipinski definition) is 4. The zero-order valence-corrected chi connectivity index (χ0v) is 14.2. The average Bonchev–Trinajstić information content (AvgIpc) is 3.12. The SMILES string of the molecule is CC(C)C(=O)NCCNC(=O)C1CCCN(C(=O)c2ccoc2)C1. The lowest BCUT2D eigenvalue weighted by Crippen LogP contribution is -2.46. The van der Waals surface area contributed by atoms with Crippen molar-refractivity contribution in [1.29, 1.82) is 0 Å². The molecule has 2 rings (SSSR count). The molecule has 1 aliphatic rings. The van der Waals surface area contributed by atoms with E-state index in [1.807, 2.05) is 13.8 Å². The second kappa shape index (κ2) is 8.52. The molecule has 0 radical (unpaired) electrons. The molecular weight excluding hydrogens is 310 g/mol. The number of rotatable bonds is 6. The van der Waals surface area contributed by atoms with Gasteiger partial charge in [-0.25, -0.2) is 0 Å². The van der Waals surface area contributed by atoms with Gasteiger partial charge in [-0.05, 0) is 18.9 Å². The van der Waals surface area contributed by atoms with Gasteiger partial charge in [0.2, 0.25) is 11.8 Å². The number of nitrogens with one attached hydrogen (secondary N) is 2. The van der Waals surface area contributed by atoms with Crippen molar-refractivity contribution in [2.75, 3.05) is 26.2 Å². The zero-order chi connectivity index (χ0) is 17.5. The van der Waals surface area contributed by atoms with Crippen LogP contribution in [0.1, 0.15) is 37.0 Å². The third-order valence-electron chi connectivity index (χ3n) is 4.10. The molecule has 1 fully saturated rings. The van der Waals surface area contributed by atoms with Crippen LogP contribution in [0.5, 0.6) is 0 Å². The lowest BCUT2D eigenvalue weighted by Gasteiger charge is -2.31. The summed E-state index contributed by atoms with van der Waals surface area (Å²) in [6.07, 6.45) is 4.45. The summed E-state index contributed by atoms with van der Waals surface area (Å²) in [5, 5.41) is 5.59.